The van der Waals surface area contributed by atoms with Gasteiger partial charge in [-0.15, -0.1) is 0 Å². The van der Waals surface area contributed by atoms with Crippen LogP contribution in [0.25, 0.3) is 0 Å². The molecule has 0 aromatic heterocycles. The van der Waals surface area contributed by atoms with Crippen LogP contribution in [0.2, 0.25) is 0 Å². The van der Waals surface area contributed by atoms with E-state index in [0.717, 1.165) is 19.4 Å². The molecule has 1 aromatic rings. The minimum atomic E-state index is 0.153. The van der Waals surface area contributed by atoms with Gasteiger partial charge in [-0.05, 0) is 55.4 Å². The van der Waals surface area contributed by atoms with Gasteiger partial charge in [-0.3, -0.25) is 0 Å². The normalized spacial score (nSPS) is 24.8. The number of thioether (sulfide) groups is 1. The first-order valence-corrected chi connectivity index (χ1v) is 9.08. The maximum atomic E-state index is 6.17. The van der Waals surface area contributed by atoms with Crippen molar-refractivity contribution in [1.29, 1.82) is 0 Å². The molecule has 0 saturated carbocycles. The predicted molar refractivity (Wildman–Crippen MR) is 92.7 cm³/mol. The molecule has 2 saturated heterocycles. The number of rotatable bonds is 3. The molecule has 1 spiro atoms. The fourth-order valence-electron chi connectivity index (χ4n) is 3.35. The number of hydrogen-bond donors (Lipinski definition) is 1. The summed E-state index contributed by atoms with van der Waals surface area (Å²) < 4.78 is 6.17. The molecule has 2 aliphatic heterocycles. The van der Waals surface area contributed by atoms with E-state index in [0.29, 0.717) is 6.04 Å². The van der Waals surface area contributed by atoms with E-state index in [9.17, 15) is 0 Å². The van der Waals surface area contributed by atoms with Crippen molar-refractivity contribution in [3.8, 4) is 0 Å². The summed E-state index contributed by atoms with van der Waals surface area (Å²) in [5, 5.41) is 3.73. The number of nitrogens with one attached hydrogen (secondary N) is 1. The van der Waals surface area contributed by atoms with Gasteiger partial charge in [-0.1, -0.05) is 6.07 Å². The van der Waals surface area contributed by atoms with E-state index >= 15 is 0 Å². The Bertz CT molecular complexity index is 466. The second-order valence-electron chi connectivity index (χ2n) is 6.42. The highest BCUT2D eigenvalue weighted by molar-refractivity contribution is 7.99. The highest BCUT2D eigenvalue weighted by Gasteiger charge is 2.38. The molecule has 0 bridgehead atoms. The largest absolute Gasteiger partial charge is 0.382 e. The quantitative estimate of drug-likeness (QED) is 0.922. The third-order valence-electron chi connectivity index (χ3n) is 4.63. The molecular formula is C17H26N2OS. The van der Waals surface area contributed by atoms with Gasteiger partial charge in [0, 0.05) is 38.1 Å². The van der Waals surface area contributed by atoms with Gasteiger partial charge in [-0.2, -0.15) is 11.8 Å². The predicted octanol–water partition coefficient (Wildman–Crippen LogP) is 3.61. The van der Waals surface area contributed by atoms with E-state index in [1.807, 2.05) is 0 Å². The number of nitrogens with zero attached hydrogens (tertiary/aromatic N) is 1. The maximum absolute atomic E-state index is 6.17. The molecule has 1 aromatic carbocycles. The topological polar surface area (TPSA) is 24.5 Å². The first-order chi connectivity index (χ1) is 10.2. The zero-order chi connectivity index (χ0) is 14.7. The molecule has 3 rings (SSSR count). The minimum Gasteiger partial charge on any atom is -0.382 e. The monoisotopic (exact) mass is 306 g/mol. The Hall–Kier alpha value is -0.870. The van der Waals surface area contributed by atoms with E-state index in [2.05, 4.69) is 60.3 Å². The van der Waals surface area contributed by atoms with Crippen LogP contribution in [0.5, 0.6) is 0 Å². The van der Waals surface area contributed by atoms with Gasteiger partial charge in [0.25, 0.3) is 0 Å². The van der Waals surface area contributed by atoms with Crippen LogP contribution in [0.15, 0.2) is 24.3 Å². The van der Waals surface area contributed by atoms with Crippen LogP contribution in [0.3, 0.4) is 0 Å². The van der Waals surface area contributed by atoms with Gasteiger partial charge >= 0.3 is 0 Å². The zero-order valence-corrected chi connectivity index (χ0v) is 13.9. The van der Waals surface area contributed by atoms with E-state index in [4.69, 9.17) is 4.74 Å². The molecule has 116 valence electrons. The van der Waals surface area contributed by atoms with Crippen molar-refractivity contribution in [2.75, 3.05) is 42.4 Å². The van der Waals surface area contributed by atoms with E-state index in [-0.39, 0.29) is 5.60 Å². The molecule has 1 unspecified atom stereocenters. The number of anilines is 2. The molecule has 2 fully saturated rings. The lowest BCUT2D eigenvalue weighted by molar-refractivity contribution is -0.0865. The Morgan fingerprint density at radius 3 is 2.86 bits per heavy atom. The van der Waals surface area contributed by atoms with Crippen molar-refractivity contribution in [3.63, 3.8) is 0 Å². The molecule has 0 aliphatic carbocycles. The SMILES string of the molecule is CN(C)c1cccc(NC2CCOC3(CCSCC3)C2)c1. The van der Waals surface area contributed by atoms with Gasteiger partial charge < -0.3 is 15.0 Å². The average molecular weight is 306 g/mol. The van der Waals surface area contributed by atoms with Crippen molar-refractivity contribution in [3.05, 3.63) is 24.3 Å². The highest BCUT2D eigenvalue weighted by Crippen LogP contribution is 2.38. The molecule has 2 heterocycles. The number of ether oxygens (including phenoxy) is 1. The summed E-state index contributed by atoms with van der Waals surface area (Å²) in [6.45, 7) is 0.899. The summed E-state index contributed by atoms with van der Waals surface area (Å²) in [6.07, 6.45) is 4.70. The fraction of sp³-hybridized carbons (Fsp3) is 0.647. The summed E-state index contributed by atoms with van der Waals surface area (Å²) in [5.74, 6) is 2.51. The van der Waals surface area contributed by atoms with Gasteiger partial charge in [0.05, 0.1) is 5.60 Å². The van der Waals surface area contributed by atoms with E-state index in [1.165, 1.54) is 35.7 Å². The first-order valence-electron chi connectivity index (χ1n) is 7.93. The van der Waals surface area contributed by atoms with E-state index < -0.39 is 0 Å². The number of hydrogen-bond acceptors (Lipinski definition) is 4. The van der Waals surface area contributed by atoms with Gasteiger partial charge in [0.1, 0.15) is 0 Å². The van der Waals surface area contributed by atoms with E-state index in [1.54, 1.807) is 0 Å². The van der Waals surface area contributed by atoms with Gasteiger partial charge in [0.2, 0.25) is 0 Å². The molecular weight excluding hydrogens is 280 g/mol. The molecule has 0 radical (unpaired) electrons. The summed E-state index contributed by atoms with van der Waals surface area (Å²) in [4.78, 5) is 2.15. The standard InChI is InChI=1S/C17H26N2OS/c1-19(2)16-5-3-4-14(12-16)18-15-6-9-20-17(13-15)7-10-21-11-8-17/h3-5,12,15,18H,6-11,13H2,1-2H3. The lowest BCUT2D eigenvalue weighted by Gasteiger charge is -2.43. The molecule has 1 N–H and O–H groups in total. The first kappa shape index (κ1) is 15.0. The molecule has 0 amide bonds. The third-order valence-corrected chi connectivity index (χ3v) is 5.62. The Kier molecular flexibility index (Phi) is 4.65. The second kappa shape index (κ2) is 6.49. The third kappa shape index (κ3) is 3.67. The van der Waals surface area contributed by atoms with Crippen molar-refractivity contribution >= 4 is 23.1 Å². The van der Waals surface area contributed by atoms with Gasteiger partial charge in [0.15, 0.2) is 0 Å². The van der Waals surface area contributed by atoms with Crippen LogP contribution in [0.1, 0.15) is 25.7 Å². The fourth-order valence-corrected chi connectivity index (χ4v) is 4.59. The smallest absolute Gasteiger partial charge is 0.0717 e. The Balaban J connectivity index is 1.65. The summed E-state index contributed by atoms with van der Waals surface area (Å²) in [6, 6.07) is 9.23. The molecule has 4 heteroatoms. The summed E-state index contributed by atoms with van der Waals surface area (Å²) in [5.41, 5.74) is 2.63. The van der Waals surface area contributed by atoms with Crippen LogP contribution in [0.4, 0.5) is 11.4 Å². The van der Waals surface area contributed by atoms with Crippen LogP contribution < -0.4 is 10.2 Å². The van der Waals surface area contributed by atoms with Crippen LogP contribution in [-0.2, 0) is 4.74 Å². The lowest BCUT2D eigenvalue weighted by atomic mass is 9.85. The average Bonchev–Trinajstić information content (AvgIpc) is 2.48. The Morgan fingerprint density at radius 2 is 2.10 bits per heavy atom. The number of benzene rings is 1. The molecule has 1 atom stereocenters. The summed E-state index contributed by atoms with van der Waals surface area (Å²) in [7, 11) is 4.17. The van der Waals surface area contributed by atoms with Crippen molar-refractivity contribution in [2.24, 2.45) is 0 Å². The van der Waals surface area contributed by atoms with Crippen molar-refractivity contribution in [1.82, 2.24) is 0 Å². The van der Waals surface area contributed by atoms with Crippen LogP contribution in [0, 0.1) is 0 Å². The van der Waals surface area contributed by atoms with Crippen LogP contribution in [-0.4, -0.2) is 43.9 Å². The van der Waals surface area contributed by atoms with Crippen molar-refractivity contribution in [2.45, 2.75) is 37.3 Å². The molecule has 21 heavy (non-hydrogen) atoms. The van der Waals surface area contributed by atoms with Crippen molar-refractivity contribution < 1.29 is 4.74 Å². The van der Waals surface area contributed by atoms with Crippen LogP contribution >= 0.6 is 11.8 Å². The Morgan fingerprint density at radius 1 is 1.29 bits per heavy atom. The zero-order valence-electron chi connectivity index (χ0n) is 13.1. The summed E-state index contributed by atoms with van der Waals surface area (Å²) >= 11 is 2.07. The Labute approximate surface area is 132 Å². The lowest BCUT2D eigenvalue weighted by Crippen LogP contribution is -2.46. The molecule has 2 aliphatic rings. The minimum absolute atomic E-state index is 0.153. The van der Waals surface area contributed by atoms with Gasteiger partial charge in [-0.25, -0.2) is 0 Å². The molecule has 3 nitrogen and oxygen atoms in total. The maximum Gasteiger partial charge on any atom is 0.0717 e. The second-order valence-corrected chi connectivity index (χ2v) is 7.65. The highest BCUT2D eigenvalue weighted by atomic mass is 32.2.